The molecule has 1 rings (SSSR count). The summed E-state index contributed by atoms with van der Waals surface area (Å²) in [7, 11) is 2.11. The highest BCUT2D eigenvalue weighted by Crippen LogP contribution is 2.12. The van der Waals surface area contributed by atoms with Crippen LogP contribution < -0.4 is 5.73 Å². The summed E-state index contributed by atoms with van der Waals surface area (Å²) in [6, 6.07) is -0.0610. The molecule has 100 valence electrons. The summed E-state index contributed by atoms with van der Waals surface area (Å²) in [5.41, 5.74) is 5.99. The molecule has 1 aliphatic rings. The molecular weight excluding hydrogens is 214 g/mol. The fourth-order valence-corrected chi connectivity index (χ4v) is 2.52. The van der Waals surface area contributed by atoms with Gasteiger partial charge < -0.3 is 15.5 Å². The Balaban J connectivity index is 2.60. The number of carbonyl (C=O) groups is 1. The second-order valence-corrected chi connectivity index (χ2v) is 5.73. The van der Waals surface area contributed by atoms with Crippen molar-refractivity contribution in [2.24, 2.45) is 11.7 Å². The van der Waals surface area contributed by atoms with E-state index < -0.39 is 0 Å². The lowest BCUT2D eigenvalue weighted by atomic mass is 10.0. The third-order valence-corrected chi connectivity index (χ3v) is 3.37. The fourth-order valence-electron chi connectivity index (χ4n) is 2.52. The molecule has 0 aromatic heterocycles. The van der Waals surface area contributed by atoms with Crippen molar-refractivity contribution < 1.29 is 4.79 Å². The zero-order valence-corrected chi connectivity index (χ0v) is 11.6. The monoisotopic (exact) mass is 241 g/mol. The Labute approximate surface area is 105 Å². The Morgan fingerprint density at radius 3 is 2.65 bits per heavy atom. The van der Waals surface area contributed by atoms with Gasteiger partial charge in [-0.2, -0.15) is 0 Å². The normalized spacial score (nSPS) is 24.8. The largest absolute Gasteiger partial charge is 0.337 e. The molecular formula is C13H27N3O. The number of likely N-dealkylation sites (N-methyl/N-ethyl adjacent to an activating group) is 1. The van der Waals surface area contributed by atoms with E-state index in [2.05, 4.69) is 32.7 Å². The maximum atomic E-state index is 12.3. The molecule has 0 aromatic carbocycles. The van der Waals surface area contributed by atoms with Gasteiger partial charge in [-0.3, -0.25) is 4.79 Å². The van der Waals surface area contributed by atoms with Crippen LogP contribution >= 0.6 is 0 Å². The Morgan fingerprint density at radius 2 is 2.06 bits per heavy atom. The topological polar surface area (TPSA) is 49.6 Å². The maximum Gasteiger partial charge on any atom is 0.239 e. The number of carbonyl (C=O) groups excluding carboxylic acids is 1. The van der Waals surface area contributed by atoms with Gasteiger partial charge in [-0.1, -0.05) is 13.8 Å². The van der Waals surface area contributed by atoms with Gasteiger partial charge in [0.25, 0.3) is 0 Å². The molecule has 1 fully saturated rings. The van der Waals surface area contributed by atoms with Gasteiger partial charge in [0.05, 0.1) is 6.04 Å². The van der Waals surface area contributed by atoms with Crippen molar-refractivity contribution in [1.29, 1.82) is 0 Å². The Hall–Kier alpha value is -0.610. The molecule has 0 radical (unpaired) electrons. The quantitative estimate of drug-likeness (QED) is 0.799. The molecule has 0 aromatic rings. The van der Waals surface area contributed by atoms with Crippen molar-refractivity contribution in [2.45, 2.75) is 45.7 Å². The summed E-state index contributed by atoms with van der Waals surface area (Å²) in [4.78, 5) is 16.5. The van der Waals surface area contributed by atoms with Crippen molar-refractivity contribution in [2.75, 3.05) is 26.7 Å². The average Bonchev–Trinajstić information content (AvgIpc) is 2.37. The van der Waals surface area contributed by atoms with E-state index in [1.807, 2.05) is 4.90 Å². The first-order chi connectivity index (χ1) is 7.91. The number of nitrogens with two attached hydrogens (primary N) is 1. The number of hydrogen-bond donors (Lipinski definition) is 1. The van der Waals surface area contributed by atoms with Crippen molar-refractivity contribution >= 4 is 5.91 Å². The van der Waals surface area contributed by atoms with Gasteiger partial charge in [0, 0.05) is 19.1 Å². The predicted octanol–water partition coefficient (Wildman–Crippen LogP) is 0.912. The highest BCUT2D eigenvalue weighted by molar-refractivity contribution is 5.82. The van der Waals surface area contributed by atoms with Crippen LogP contribution in [0, 0.1) is 5.92 Å². The Bertz CT molecular complexity index is 255. The number of hydrogen-bond acceptors (Lipinski definition) is 3. The summed E-state index contributed by atoms with van der Waals surface area (Å²) in [6.07, 6.45) is 1.82. The average molecular weight is 241 g/mol. The van der Waals surface area contributed by atoms with E-state index in [0.29, 0.717) is 5.92 Å². The van der Waals surface area contributed by atoms with Crippen molar-refractivity contribution in [3.05, 3.63) is 0 Å². The maximum absolute atomic E-state index is 12.3. The minimum absolute atomic E-state index is 0.126. The second-order valence-electron chi connectivity index (χ2n) is 5.73. The second kappa shape index (κ2) is 6.36. The van der Waals surface area contributed by atoms with E-state index in [-0.39, 0.29) is 18.0 Å². The molecule has 4 heteroatoms. The third-order valence-electron chi connectivity index (χ3n) is 3.37. The molecule has 17 heavy (non-hydrogen) atoms. The van der Waals surface area contributed by atoms with Gasteiger partial charge in [-0.15, -0.1) is 0 Å². The van der Waals surface area contributed by atoms with Gasteiger partial charge in [0.1, 0.15) is 0 Å². The Morgan fingerprint density at radius 1 is 1.41 bits per heavy atom. The first kappa shape index (κ1) is 14.5. The van der Waals surface area contributed by atoms with Crippen molar-refractivity contribution in [3.63, 3.8) is 0 Å². The van der Waals surface area contributed by atoms with E-state index in [1.54, 1.807) is 0 Å². The zero-order chi connectivity index (χ0) is 13.0. The number of amides is 1. The third kappa shape index (κ3) is 4.28. The minimum atomic E-state index is -0.333. The highest BCUT2D eigenvalue weighted by Gasteiger charge is 2.27. The van der Waals surface area contributed by atoms with E-state index in [4.69, 9.17) is 5.73 Å². The predicted molar refractivity (Wildman–Crippen MR) is 70.7 cm³/mol. The van der Waals surface area contributed by atoms with Gasteiger partial charge in [0.2, 0.25) is 5.91 Å². The first-order valence-electron chi connectivity index (χ1n) is 6.66. The summed E-state index contributed by atoms with van der Waals surface area (Å²) < 4.78 is 0. The van der Waals surface area contributed by atoms with Crippen LogP contribution in [0.1, 0.15) is 33.6 Å². The molecule has 2 atom stereocenters. The van der Waals surface area contributed by atoms with Crippen LogP contribution in [0.15, 0.2) is 0 Å². The molecule has 0 aliphatic carbocycles. The molecule has 1 amide bonds. The van der Waals surface area contributed by atoms with Crippen LogP contribution in [0.4, 0.5) is 0 Å². The van der Waals surface area contributed by atoms with Gasteiger partial charge in [0.15, 0.2) is 0 Å². The van der Waals surface area contributed by atoms with Gasteiger partial charge >= 0.3 is 0 Å². The molecule has 0 spiro atoms. The molecule has 1 unspecified atom stereocenters. The zero-order valence-electron chi connectivity index (χ0n) is 11.6. The summed E-state index contributed by atoms with van der Waals surface area (Å²) in [5, 5.41) is 0. The molecule has 4 nitrogen and oxygen atoms in total. The van der Waals surface area contributed by atoms with Crippen LogP contribution in [-0.4, -0.2) is 54.5 Å². The van der Waals surface area contributed by atoms with Crippen LogP contribution in [0.5, 0.6) is 0 Å². The summed E-state index contributed by atoms with van der Waals surface area (Å²) in [5.74, 6) is 0.598. The van der Waals surface area contributed by atoms with Gasteiger partial charge in [-0.05, 0) is 39.3 Å². The lowest BCUT2D eigenvalue weighted by Gasteiger charge is -2.30. The van der Waals surface area contributed by atoms with E-state index in [9.17, 15) is 4.79 Å². The van der Waals surface area contributed by atoms with E-state index in [1.165, 1.54) is 0 Å². The first-order valence-corrected chi connectivity index (χ1v) is 6.66. The number of nitrogens with zero attached hydrogens (tertiary/aromatic N) is 2. The lowest BCUT2D eigenvalue weighted by molar-refractivity contribution is -0.134. The number of rotatable bonds is 3. The lowest BCUT2D eigenvalue weighted by Crippen LogP contribution is -2.49. The minimum Gasteiger partial charge on any atom is -0.337 e. The molecule has 1 aliphatic heterocycles. The molecule has 1 heterocycles. The molecule has 0 saturated carbocycles. The van der Waals surface area contributed by atoms with Crippen molar-refractivity contribution in [1.82, 2.24) is 9.80 Å². The molecule has 0 bridgehead atoms. The van der Waals surface area contributed by atoms with Crippen LogP contribution in [-0.2, 0) is 4.79 Å². The van der Waals surface area contributed by atoms with E-state index >= 15 is 0 Å². The highest BCUT2D eigenvalue weighted by atomic mass is 16.2. The summed E-state index contributed by atoms with van der Waals surface area (Å²) >= 11 is 0. The summed E-state index contributed by atoms with van der Waals surface area (Å²) in [6.45, 7) is 9.17. The standard InChI is InChI=1S/C13H27N3O/c1-10(2)8-12(14)13(17)16-7-5-6-15(4)9-11(16)3/h10-12H,5-9,14H2,1-4H3/t11?,12-/m1/s1. The smallest absolute Gasteiger partial charge is 0.239 e. The fraction of sp³-hybridized carbons (Fsp3) is 0.923. The van der Waals surface area contributed by atoms with Crippen LogP contribution in [0.2, 0.25) is 0 Å². The SMILES string of the molecule is CC(C)C[C@@H](N)C(=O)N1CCCN(C)CC1C. The molecule has 2 N–H and O–H groups in total. The molecule has 1 saturated heterocycles. The van der Waals surface area contributed by atoms with Crippen LogP contribution in [0.25, 0.3) is 0 Å². The van der Waals surface area contributed by atoms with E-state index in [0.717, 1.165) is 32.5 Å². The van der Waals surface area contributed by atoms with Gasteiger partial charge in [-0.25, -0.2) is 0 Å². The van der Waals surface area contributed by atoms with Crippen molar-refractivity contribution in [3.8, 4) is 0 Å². The Kier molecular flexibility index (Phi) is 5.40. The van der Waals surface area contributed by atoms with Crippen LogP contribution in [0.3, 0.4) is 0 Å².